The summed E-state index contributed by atoms with van der Waals surface area (Å²) in [5, 5.41) is 13.0. The molecule has 7 heteroatoms. The minimum atomic E-state index is -0.944. The Morgan fingerprint density at radius 1 is 1.27 bits per heavy atom. The van der Waals surface area contributed by atoms with Crippen molar-refractivity contribution in [2.24, 2.45) is 0 Å². The first-order chi connectivity index (χ1) is 12.6. The number of aromatic carboxylic acids is 1. The Bertz CT molecular complexity index is 767. The summed E-state index contributed by atoms with van der Waals surface area (Å²) in [4.78, 5) is 20.3. The highest BCUT2D eigenvalue weighted by Gasteiger charge is 2.35. The van der Waals surface area contributed by atoms with Crippen LogP contribution in [0, 0.1) is 0 Å². The quantitative estimate of drug-likeness (QED) is 0.881. The maximum atomic E-state index is 10.9. The van der Waals surface area contributed by atoms with Gasteiger partial charge in [0.25, 0.3) is 0 Å². The Morgan fingerprint density at radius 2 is 2.04 bits per heavy atom. The van der Waals surface area contributed by atoms with Crippen molar-refractivity contribution in [1.82, 2.24) is 19.9 Å². The van der Waals surface area contributed by atoms with E-state index in [1.165, 1.54) is 25.8 Å². The molecule has 0 spiro atoms. The van der Waals surface area contributed by atoms with Crippen molar-refractivity contribution in [2.45, 2.75) is 44.8 Å². The molecule has 2 aromatic rings. The van der Waals surface area contributed by atoms with Gasteiger partial charge in [-0.05, 0) is 38.4 Å². The number of aromatic nitrogens is 2. The molecular formula is C19H24N4O3. The Balaban J connectivity index is 1.32. The average molecular weight is 356 g/mol. The minimum absolute atomic E-state index is 0.246. The number of hydrogen-bond donors (Lipinski definition) is 1. The summed E-state index contributed by atoms with van der Waals surface area (Å²) >= 11 is 0. The molecule has 3 heterocycles. The van der Waals surface area contributed by atoms with E-state index in [1.54, 1.807) is 24.3 Å². The SMILES string of the molecule is CC1CCCCN1C1CN(Cc2nc(-c3ccc(C(=O)O)cc3)no2)C1. The van der Waals surface area contributed by atoms with E-state index >= 15 is 0 Å². The first kappa shape index (κ1) is 17.2. The van der Waals surface area contributed by atoms with Gasteiger partial charge in [0, 0.05) is 30.7 Å². The molecule has 0 radical (unpaired) electrons. The van der Waals surface area contributed by atoms with E-state index in [-0.39, 0.29) is 5.56 Å². The maximum absolute atomic E-state index is 10.9. The molecule has 1 unspecified atom stereocenters. The van der Waals surface area contributed by atoms with Crippen molar-refractivity contribution in [3.8, 4) is 11.4 Å². The molecule has 2 aliphatic rings. The van der Waals surface area contributed by atoms with E-state index in [0.717, 1.165) is 18.7 Å². The van der Waals surface area contributed by atoms with Crippen LogP contribution in [0.4, 0.5) is 0 Å². The van der Waals surface area contributed by atoms with Crippen molar-refractivity contribution in [3.63, 3.8) is 0 Å². The molecule has 1 atom stereocenters. The normalized spacial score (nSPS) is 22.3. The second kappa shape index (κ2) is 7.17. The van der Waals surface area contributed by atoms with Crippen molar-refractivity contribution in [2.75, 3.05) is 19.6 Å². The number of carbonyl (C=O) groups is 1. The van der Waals surface area contributed by atoms with Crippen LogP contribution < -0.4 is 0 Å². The topological polar surface area (TPSA) is 82.7 Å². The molecule has 1 aromatic carbocycles. The standard InChI is InChI=1S/C19H24N4O3/c1-13-4-2-3-9-23(13)16-10-22(11-16)12-17-20-18(21-26-17)14-5-7-15(8-6-14)19(24)25/h5-8,13,16H,2-4,9-12H2,1H3,(H,24,25). The lowest BCUT2D eigenvalue weighted by Crippen LogP contribution is -2.61. The van der Waals surface area contributed by atoms with Gasteiger partial charge in [0.2, 0.25) is 11.7 Å². The predicted octanol–water partition coefficient (Wildman–Crippen LogP) is 2.49. The molecule has 2 fully saturated rings. The van der Waals surface area contributed by atoms with Gasteiger partial charge >= 0.3 is 5.97 Å². The zero-order valence-electron chi connectivity index (χ0n) is 15.0. The second-order valence-electron chi connectivity index (χ2n) is 7.32. The largest absolute Gasteiger partial charge is 0.478 e. The lowest BCUT2D eigenvalue weighted by Gasteiger charge is -2.48. The fraction of sp³-hybridized carbons (Fsp3) is 0.526. The Kier molecular flexibility index (Phi) is 4.74. The van der Waals surface area contributed by atoms with Crippen molar-refractivity contribution >= 4 is 5.97 Å². The molecule has 0 bridgehead atoms. The van der Waals surface area contributed by atoms with Crippen LogP contribution in [0.25, 0.3) is 11.4 Å². The zero-order chi connectivity index (χ0) is 18.1. The molecule has 7 nitrogen and oxygen atoms in total. The van der Waals surface area contributed by atoms with E-state index in [0.29, 0.717) is 30.3 Å². The fourth-order valence-electron chi connectivity index (χ4n) is 3.93. The lowest BCUT2D eigenvalue weighted by atomic mass is 9.97. The Morgan fingerprint density at radius 3 is 2.73 bits per heavy atom. The summed E-state index contributed by atoms with van der Waals surface area (Å²) in [6.45, 7) is 6.32. The number of carboxylic acid groups (broad SMARTS) is 1. The summed E-state index contributed by atoms with van der Waals surface area (Å²) in [5.41, 5.74) is 1.00. The first-order valence-electron chi connectivity index (χ1n) is 9.24. The number of rotatable bonds is 5. The Labute approximate surface area is 152 Å². The summed E-state index contributed by atoms with van der Waals surface area (Å²) in [5.74, 6) is 0.159. The number of benzene rings is 1. The molecule has 1 N–H and O–H groups in total. The smallest absolute Gasteiger partial charge is 0.335 e. The highest BCUT2D eigenvalue weighted by atomic mass is 16.5. The molecule has 1 aromatic heterocycles. The van der Waals surface area contributed by atoms with Gasteiger partial charge in [0.1, 0.15) is 0 Å². The van der Waals surface area contributed by atoms with E-state index in [2.05, 4.69) is 26.9 Å². The number of likely N-dealkylation sites (tertiary alicyclic amines) is 2. The molecular weight excluding hydrogens is 332 g/mol. The summed E-state index contributed by atoms with van der Waals surface area (Å²) in [6.07, 6.45) is 3.98. The molecule has 0 amide bonds. The summed E-state index contributed by atoms with van der Waals surface area (Å²) in [6, 6.07) is 7.85. The average Bonchev–Trinajstić information content (AvgIpc) is 3.07. The number of hydrogen-bond acceptors (Lipinski definition) is 6. The third kappa shape index (κ3) is 3.50. The van der Waals surface area contributed by atoms with Crippen LogP contribution in [0.2, 0.25) is 0 Å². The van der Waals surface area contributed by atoms with Gasteiger partial charge in [-0.25, -0.2) is 4.79 Å². The summed E-state index contributed by atoms with van der Waals surface area (Å²) in [7, 11) is 0. The van der Waals surface area contributed by atoms with Crippen molar-refractivity contribution < 1.29 is 14.4 Å². The van der Waals surface area contributed by atoms with Gasteiger partial charge in [-0.2, -0.15) is 4.98 Å². The van der Waals surface area contributed by atoms with Crippen LogP contribution >= 0.6 is 0 Å². The third-order valence-corrected chi connectivity index (χ3v) is 5.48. The highest BCUT2D eigenvalue weighted by molar-refractivity contribution is 5.88. The fourth-order valence-corrected chi connectivity index (χ4v) is 3.93. The summed E-state index contributed by atoms with van der Waals surface area (Å²) < 4.78 is 5.37. The maximum Gasteiger partial charge on any atom is 0.335 e. The number of nitrogens with zero attached hydrogens (tertiary/aromatic N) is 4. The van der Waals surface area contributed by atoms with E-state index in [9.17, 15) is 4.79 Å². The van der Waals surface area contributed by atoms with E-state index in [4.69, 9.17) is 9.63 Å². The van der Waals surface area contributed by atoms with Crippen LogP contribution in [-0.4, -0.2) is 62.7 Å². The van der Waals surface area contributed by atoms with Gasteiger partial charge in [-0.3, -0.25) is 9.80 Å². The Hall–Kier alpha value is -2.25. The van der Waals surface area contributed by atoms with Crippen molar-refractivity contribution in [3.05, 3.63) is 35.7 Å². The van der Waals surface area contributed by atoms with Gasteiger partial charge in [0.15, 0.2) is 0 Å². The minimum Gasteiger partial charge on any atom is -0.478 e. The van der Waals surface area contributed by atoms with Crippen LogP contribution in [0.15, 0.2) is 28.8 Å². The molecule has 26 heavy (non-hydrogen) atoms. The third-order valence-electron chi connectivity index (χ3n) is 5.48. The van der Waals surface area contributed by atoms with Gasteiger partial charge in [-0.1, -0.05) is 23.7 Å². The van der Waals surface area contributed by atoms with Gasteiger partial charge in [-0.15, -0.1) is 0 Å². The first-order valence-corrected chi connectivity index (χ1v) is 9.24. The van der Waals surface area contributed by atoms with E-state index in [1.807, 2.05) is 0 Å². The van der Waals surface area contributed by atoms with Gasteiger partial charge < -0.3 is 9.63 Å². The lowest BCUT2D eigenvalue weighted by molar-refractivity contribution is -0.0103. The van der Waals surface area contributed by atoms with Crippen LogP contribution in [0.1, 0.15) is 42.4 Å². The van der Waals surface area contributed by atoms with Crippen molar-refractivity contribution in [1.29, 1.82) is 0 Å². The second-order valence-corrected chi connectivity index (χ2v) is 7.32. The molecule has 138 valence electrons. The van der Waals surface area contributed by atoms with Gasteiger partial charge in [0.05, 0.1) is 12.1 Å². The molecule has 2 aliphatic heterocycles. The van der Waals surface area contributed by atoms with Crippen LogP contribution in [0.5, 0.6) is 0 Å². The number of piperidine rings is 1. The predicted molar refractivity (Wildman–Crippen MR) is 95.8 cm³/mol. The molecule has 0 aliphatic carbocycles. The highest BCUT2D eigenvalue weighted by Crippen LogP contribution is 2.25. The monoisotopic (exact) mass is 356 g/mol. The van der Waals surface area contributed by atoms with Crippen LogP contribution in [0.3, 0.4) is 0 Å². The van der Waals surface area contributed by atoms with E-state index < -0.39 is 5.97 Å². The molecule has 0 saturated carbocycles. The zero-order valence-corrected chi connectivity index (χ0v) is 15.0. The molecule has 2 saturated heterocycles. The molecule has 4 rings (SSSR count). The number of carboxylic acids is 1. The van der Waals surface area contributed by atoms with Crippen LogP contribution in [-0.2, 0) is 6.54 Å².